The van der Waals surface area contributed by atoms with Crippen molar-refractivity contribution < 1.29 is 14.7 Å². The Bertz CT molecular complexity index is 453. The first-order valence-corrected chi connectivity index (χ1v) is 8.75. The summed E-state index contributed by atoms with van der Waals surface area (Å²) in [5.74, 6) is 0.693. The number of carbonyl (C=O) groups is 2. The monoisotopic (exact) mass is 308 g/mol. The second-order valence-corrected chi connectivity index (χ2v) is 7.63. The number of amides is 2. The van der Waals surface area contributed by atoms with Crippen LogP contribution in [-0.2, 0) is 9.59 Å². The summed E-state index contributed by atoms with van der Waals surface area (Å²) in [6, 6.07) is 0.118. The number of nitrogens with one attached hydrogen (secondary N) is 1. The smallest absolute Gasteiger partial charge is 0.311 e. The number of likely N-dealkylation sites (tertiary alicyclic amines) is 1. The molecule has 1 heterocycles. The van der Waals surface area contributed by atoms with Crippen molar-refractivity contribution in [3.8, 4) is 0 Å². The highest BCUT2D eigenvalue weighted by Gasteiger charge is 2.44. The highest BCUT2D eigenvalue weighted by Crippen LogP contribution is 2.38. The van der Waals surface area contributed by atoms with Gasteiger partial charge in [-0.2, -0.15) is 0 Å². The molecule has 1 aliphatic heterocycles. The zero-order chi connectivity index (χ0) is 15.9. The summed E-state index contributed by atoms with van der Waals surface area (Å²) in [5, 5.41) is 12.9. The van der Waals surface area contributed by atoms with E-state index in [1.54, 1.807) is 4.90 Å². The fraction of sp³-hybridized carbons (Fsp3) is 0.882. The van der Waals surface area contributed by atoms with Gasteiger partial charge in [-0.1, -0.05) is 26.7 Å². The third kappa shape index (κ3) is 2.87. The molecule has 5 nitrogen and oxygen atoms in total. The summed E-state index contributed by atoms with van der Waals surface area (Å²) in [5.41, 5.74) is 0. The van der Waals surface area contributed by atoms with Gasteiger partial charge < -0.3 is 15.3 Å². The second-order valence-electron chi connectivity index (χ2n) is 7.63. The summed E-state index contributed by atoms with van der Waals surface area (Å²) < 4.78 is 0. The molecule has 0 radical (unpaired) electrons. The van der Waals surface area contributed by atoms with E-state index in [0.29, 0.717) is 30.8 Å². The normalized spacial score (nSPS) is 41.3. The number of aliphatic hydroxyl groups is 1. The number of hydrogen-bond donors (Lipinski definition) is 2. The van der Waals surface area contributed by atoms with Crippen molar-refractivity contribution in [2.75, 3.05) is 13.1 Å². The minimum Gasteiger partial charge on any atom is -0.393 e. The molecular formula is C17H28N2O3. The summed E-state index contributed by atoms with van der Waals surface area (Å²) >= 11 is 0. The van der Waals surface area contributed by atoms with Gasteiger partial charge in [-0.25, -0.2) is 0 Å². The van der Waals surface area contributed by atoms with Gasteiger partial charge in [0, 0.05) is 25.0 Å². The van der Waals surface area contributed by atoms with Gasteiger partial charge in [0.2, 0.25) is 0 Å². The van der Waals surface area contributed by atoms with Crippen LogP contribution in [0.1, 0.15) is 46.0 Å². The first kappa shape index (κ1) is 15.8. The van der Waals surface area contributed by atoms with E-state index in [4.69, 9.17) is 0 Å². The molecule has 3 fully saturated rings. The number of aliphatic hydroxyl groups excluding tert-OH is 1. The predicted octanol–water partition coefficient (Wildman–Crippen LogP) is 1.16. The Hall–Kier alpha value is -1.10. The SMILES string of the molecule is CC1CCCC(NC(=O)C(=O)N2C[C@@H]3CC[C@H](O)[C@@H]3C2)C1C. The minimum atomic E-state index is -0.458. The Morgan fingerprint density at radius 2 is 1.86 bits per heavy atom. The third-order valence-electron chi connectivity index (χ3n) is 6.32. The van der Waals surface area contributed by atoms with Crippen molar-refractivity contribution in [1.82, 2.24) is 10.2 Å². The molecule has 2 amide bonds. The van der Waals surface area contributed by atoms with Crippen LogP contribution >= 0.6 is 0 Å². The van der Waals surface area contributed by atoms with Gasteiger partial charge in [-0.3, -0.25) is 9.59 Å². The fourth-order valence-corrected chi connectivity index (χ4v) is 4.56. The van der Waals surface area contributed by atoms with Crippen LogP contribution in [0.2, 0.25) is 0 Å². The third-order valence-corrected chi connectivity index (χ3v) is 6.32. The van der Waals surface area contributed by atoms with Crippen LogP contribution in [0.25, 0.3) is 0 Å². The summed E-state index contributed by atoms with van der Waals surface area (Å²) in [4.78, 5) is 26.3. The minimum absolute atomic E-state index is 0.118. The van der Waals surface area contributed by atoms with E-state index in [2.05, 4.69) is 19.2 Å². The van der Waals surface area contributed by atoms with E-state index in [1.807, 2.05) is 0 Å². The Morgan fingerprint density at radius 1 is 1.09 bits per heavy atom. The molecule has 2 N–H and O–H groups in total. The average Bonchev–Trinajstić information content (AvgIpc) is 3.05. The van der Waals surface area contributed by atoms with E-state index in [1.165, 1.54) is 6.42 Å². The summed E-state index contributed by atoms with van der Waals surface area (Å²) in [7, 11) is 0. The van der Waals surface area contributed by atoms with Gasteiger partial charge >= 0.3 is 11.8 Å². The molecule has 0 aromatic rings. The van der Waals surface area contributed by atoms with Crippen LogP contribution in [0.4, 0.5) is 0 Å². The van der Waals surface area contributed by atoms with Crippen LogP contribution < -0.4 is 5.32 Å². The van der Waals surface area contributed by atoms with Gasteiger partial charge in [0.15, 0.2) is 0 Å². The van der Waals surface area contributed by atoms with E-state index < -0.39 is 11.8 Å². The molecule has 2 aliphatic carbocycles. The van der Waals surface area contributed by atoms with Crippen LogP contribution in [0.15, 0.2) is 0 Å². The predicted molar refractivity (Wildman–Crippen MR) is 82.9 cm³/mol. The first-order valence-electron chi connectivity index (χ1n) is 8.75. The van der Waals surface area contributed by atoms with Gasteiger partial charge in [0.25, 0.3) is 0 Å². The Labute approximate surface area is 132 Å². The second kappa shape index (κ2) is 6.19. The van der Waals surface area contributed by atoms with Crippen molar-refractivity contribution in [3.05, 3.63) is 0 Å². The molecule has 22 heavy (non-hydrogen) atoms. The molecule has 0 bridgehead atoms. The molecule has 124 valence electrons. The lowest BCUT2D eigenvalue weighted by Crippen LogP contribution is -2.50. The molecule has 1 saturated heterocycles. The maximum Gasteiger partial charge on any atom is 0.311 e. The van der Waals surface area contributed by atoms with Crippen molar-refractivity contribution in [2.45, 2.75) is 58.1 Å². The maximum atomic E-state index is 12.4. The van der Waals surface area contributed by atoms with E-state index in [9.17, 15) is 14.7 Å². The van der Waals surface area contributed by atoms with E-state index >= 15 is 0 Å². The number of nitrogens with zero attached hydrogens (tertiary/aromatic N) is 1. The van der Waals surface area contributed by atoms with Gasteiger partial charge in [-0.05, 0) is 37.0 Å². The van der Waals surface area contributed by atoms with Crippen LogP contribution in [0.3, 0.4) is 0 Å². The number of carbonyl (C=O) groups excluding carboxylic acids is 2. The highest BCUT2D eigenvalue weighted by molar-refractivity contribution is 6.35. The first-order chi connectivity index (χ1) is 10.5. The summed E-state index contributed by atoms with van der Waals surface area (Å²) in [6.45, 7) is 5.54. The molecule has 3 rings (SSSR count). The molecule has 3 aliphatic rings. The Balaban J connectivity index is 1.55. The van der Waals surface area contributed by atoms with Crippen LogP contribution in [0.5, 0.6) is 0 Å². The van der Waals surface area contributed by atoms with Crippen LogP contribution in [-0.4, -0.2) is 47.1 Å². The molecule has 6 atom stereocenters. The van der Waals surface area contributed by atoms with Crippen molar-refractivity contribution in [2.24, 2.45) is 23.7 Å². The lowest BCUT2D eigenvalue weighted by molar-refractivity contribution is -0.146. The van der Waals surface area contributed by atoms with Crippen LogP contribution in [0, 0.1) is 23.7 Å². The molecule has 3 unspecified atom stereocenters. The van der Waals surface area contributed by atoms with Gasteiger partial charge in [0.1, 0.15) is 0 Å². The molecule has 0 spiro atoms. The number of hydrogen-bond acceptors (Lipinski definition) is 3. The van der Waals surface area contributed by atoms with Crippen molar-refractivity contribution >= 4 is 11.8 Å². The molecule has 5 heteroatoms. The number of fused-ring (bicyclic) bond motifs is 1. The quantitative estimate of drug-likeness (QED) is 0.714. The van der Waals surface area contributed by atoms with E-state index in [0.717, 1.165) is 25.7 Å². The Kier molecular flexibility index (Phi) is 4.44. The largest absolute Gasteiger partial charge is 0.393 e. The topological polar surface area (TPSA) is 69.6 Å². The zero-order valence-electron chi connectivity index (χ0n) is 13.6. The number of rotatable bonds is 1. The highest BCUT2D eigenvalue weighted by atomic mass is 16.3. The average molecular weight is 308 g/mol. The molecule has 0 aromatic heterocycles. The zero-order valence-corrected chi connectivity index (χ0v) is 13.6. The van der Waals surface area contributed by atoms with Crippen molar-refractivity contribution in [1.29, 1.82) is 0 Å². The summed E-state index contributed by atoms with van der Waals surface area (Å²) in [6.07, 6.45) is 4.79. The van der Waals surface area contributed by atoms with Crippen molar-refractivity contribution in [3.63, 3.8) is 0 Å². The fourth-order valence-electron chi connectivity index (χ4n) is 4.56. The molecule has 2 saturated carbocycles. The van der Waals surface area contributed by atoms with E-state index in [-0.39, 0.29) is 18.1 Å². The standard InChI is InChI=1S/C17H28N2O3/c1-10-4-3-5-14(11(10)2)18-16(21)17(22)19-8-12-6-7-15(20)13(12)9-19/h10-15,20H,3-9H2,1-2H3,(H,18,21)/t10?,11?,12-,13+,14?,15-/m0/s1. The Morgan fingerprint density at radius 3 is 2.59 bits per heavy atom. The lowest BCUT2D eigenvalue weighted by atomic mass is 9.78. The molecular weight excluding hydrogens is 280 g/mol. The lowest BCUT2D eigenvalue weighted by Gasteiger charge is -2.34. The van der Waals surface area contributed by atoms with Gasteiger partial charge in [-0.15, -0.1) is 0 Å². The molecule has 0 aromatic carbocycles. The van der Waals surface area contributed by atoms with Gasteiger partial charge in [0.05, 0.1) is 6.10 Å². The maximum absolute atomic E-state index is 12.4.